The standard InChI is InChI=1S/C21H31NO4S/c1-5-13-21(6-2,7-3)15-26-19-12-11-17(20(23)22-27(4,24)25)14-18(19)16-9-8-10-16/h5,11-12,14,16H,1,6-10,13,15H2,2-4H3,(H,22,23). The van der Waals surface area contributed by atoms with Gasteiger partial charge in [0.05, 0.1) is 12.9 Å². The minimum atomic E-state index is -3.59. The fourth-order valence-corrected chi connectivity index (χ4v) is 3.88. The number of benzene rings is 1. The van der Waals surface area contributed by atoms with E-state index in [1.807, 2.05) is 10.8 Å². The maximum Gasteiger partial charge on any atom is 0.264 e. The summed E-state index contributed by atoms with van der Waals surface area (Å²) in [6.07, 6.45) is 9.11. The number of allylic oxidation sites excluding steroid dienone is 1. The lowest BCUT2D eigenvalue weighted by Gasteiger charge is -2.33. The maximum atomic E-state index is 12.2. The van der Waals surface area contributed by atoms with Crippen LogP contribution < -0.4 is 9.46 Å². The Balaban J connectivity index is 2.25. The SMILES string of the molecule is C=CCC(CC)(CC)COc1ccc(C(=O)NS(C)(=O)=O)cc1C1CCC1. The Morgan fingerprint density at radius 2 is 2.00 bits per heavy atom. The Labute approximate surface area is 163 Å². The molecule has 1 saturated carbocycles. The molecule has 0 atom stereocenters. The van der Waals surface area contributed by atoms with Crippen LogP contribution in [0.15, 0.2) is 30.9 Å². The van der Waals surface area contributed by atoms with E-state index in [0.717, 1.165) is 56.1 Å². The highest BCUT2D eigenvalue weighted by Crippen LogP contribution is 2.42. The smallest absolute Gasteiger partial charge is 0.264 e. The van der Waals surface area contributed by atoms with Crippen LogP contribution in [-0.2, 0) is 10.0 Å². The molecule has 1 amide bonds. The fourth-order valence-electron chi connectivity index (χ4n) is 3.43. The molecule has 0 spiro atoms. The van der Waals surface area contributed by atoms with Gasteiger partial charge in [-0.25, -0.2) is 13.1 Å². The average molecular weight is 394 g/mol. The van der Waals surface area contributed by atoms with Gasteiger partial charge in [0, 0.05) is 11.0 Å². The molecule has 27 heavy (non-hydrogen) atoms. The summed E-state index contributed by atoms with van der Waals surface area (Å²) in [7, 11) is -3.59. The highest BCUT2D eigenvalue weighted by molar-refractivity contribution is 7.89. The van der Waals surface area contributed by atoms with E-state index in [-0.39, 0.29) is 5.41 Å². The van der Waals surface area contributed by atoms with Gasteiger partial charge in [0.2, 0.25) is 10.0 Å². The Morgan fingerprint density at radius 1 is 1.33 bits per heavy atom. The van der Waals surface area contributed by atoms with Crippen molar-refractivity contribution in [3.05, 3.63) is 42.0 Å². The van der Waals surface area contributed by atoms with Crippen LogP contribution in [0.5, 0.6) is 5.75 Å². The van der Waals surface area contributed by atoms with Crippen molar-refractivity contribution >= 4 is 15.9 Å². The van der Waals surface area contributed by atoms with E-state index in [1.165, 1.54) is 0 Å². The lowest BCUT2D eigenvalue weighted by Crippen LogP contribution is -2.30. The van der Waals surface area contributed by atoms with E-state index in [0.29, 0.717) is 18.1 Å². The number of nitrogens with one attached hydrogen (secondary N) is 1. The van der Waals surface area contributed by atoms with Gasteiger partial charge in [-0.05, 0) is 61.8 Å². The zero-order valence-corrected chi connectivity index (χ0v) is 17.4. The Hall–Kier alpha value is -1.82. The number of ether oxygens (including phenoxy) is 1. The first kappa shape index (κ1) is 21.5. The van der Waals surface area contributed by atoms with Crippen LogP contribution in [0.3, 0.4) is 0 Å². The highest BCUT2D eigenvalue weighted by Gasteiger charge is 2.28. The molecule has 1 aromatic carbocycles. The molecule has 0 bridgehead atoms. The molecular formula is C21H31NO4S. The van der Waals surface area contributed by atoms with Crippen molar-refractivity contribution < 1.29 is 17.9 Å². The summed E-state index contributed by atoms with van der Waals surface area (Å²) < 4.78 is 30.9. The molecule has 1 aromatic rings. The van der Waals surface area contributed by atoms with Crippen molar-refractivity contribution in [2.45, 2.75) is 58.3 Å². The molecule has 0 heterocycles. The molecule has 0 aliphatic heterocycles. The fraction of sp³-hybridized carbons (Fsp3) is 0.571. The monoisotopic (exact) mass is 393 g/mol. The summed E-state index contributed by atoms with van der Waals surface area (Å²) in [4.78, 5) is 12.2. The number of hydrogen-bond donors (Lipinski definition) is 1. The number of carbonyl (C=O) groups excluding carboxylic acids is 1. The zero-order valence-electron chi connectivity index (χ0n) is 16.6. The molecule has 0 saturated heterocycles. The van der Waals surface area contributed by atoms with Crippen LogP contribution in [0, 0.1) is 5.41 Å². The van der Waals surface area contributed by atoms with Crippen LogP contribution in [0.4, 0.5) is 0 Å². The van der Waals surface area contributed by atoms with E-state index >= 15 is 0 Å². The molecule has 6 heteroatoms. The van der Waals surface area contributed by atoms with Crippen LogP contribution in [0.2, 0.25) is 0 Å². The molecule has 0 aromatic heterocycles. The van der Waals surface area contributed by atoms with E-state index in [2.05, 4.69) is 20.4 Å². The van der Waals surface area contributed by atoms with Crippen molar-refractivity contribution in [3.63, 3.8) is 0 Å². The molecule has 0 radical (unpaired) electrons. The van der Waals surface area contributed by atoms with Gasteiger partial charge in [0.15, 0.2) is 0 Å². The summed E-state index contributed by atoms with van der Waals surface area (Å²) >= 11 is 0. The van der Waals surface area contributed by atoms with Crippen LogP contribution >= 0.6 is 0 Å². The summed E-state index contributed by atoms with van der Waals surface area (Å²) in [5, 5.41) is 0. The van der Waals surface area contributed by atoms with Crippen molar-refractivity contribution in [1.82, 2.24) is 4.72 Å². The second-order valence-corrected chi connectivity index (χ2v) is 9.32. The number of rotatable bonds is 10. The molecule has 5 nitrogen and oxygen atoms in total. The second kappa shape index (κ2) is 8.91. The first-order chi connectivity index (χ1) is 12.7. The van der Waals surface area contributed by atoms with Crippen LogP contribution in [0.1, 0.15) is 74.2 Å². The Bertz CT molecular complexity index is 777. The lowest BCUT2D eigenvalue weighted by molar-refractivity contribution is 0.0981. The van der Waals surface area contributed by atoms with Gasteiger partial charge in [0.1, 0.15) is 5.75 Å². The van der Waals surface area contributed by atoms with Gasteiger partial charge in [0.25, 0.3) is 5.91 Å². The topological polar surface area (TPSA) is 72.5 Å². The van der Waals surface area contributed by atoms with E-state index < -0.39 is 15.9 Å². The van der Waals surface area contributed by atoms with Crippen molar-refractivity contribution in [3.8, 4) is 5.75 Å². The van der Waals surface area contributed by atoms with Gasteiger partial charge in [-0.3, -0.25) is 4.79 Å². The molecule has 2 rings (SSSR count). The first-order valence-corrected chi connectivity index (χ1v) is 11.5. The molecule has 1 N–H and O–H groups in total. The first-order valence-electron chi connectivity index (χ1n) is 9.63. The van der Waals surface area contributed by atoms with Crippen molar-refractivity contribution in [2.24, 2.45) is 5.41 Å². The maximum absolute atomic E-state index is 12.2. The molecule has 0 unspecified atom stereocenters. The summed E-state index contributed by atoms with van der Waals surface area (Å²) in [6.45, 7) is 8.81. The van der Waals surface area contributed by atoms with Gasteiger partial charge in [-0.2, -0.15) is 0 Å². The van der Waals surface area contributed by atoms with Gasteiger partial charge in [-0.15, -0.1) is 6.58 Å². The third-order valence-corrected chi connectivity index (χ3v) is 6.26. The number of hydrogen-bond acceptors (Lipinski definition) is 4. The molecule has 150 valence electrons. The number of amides is 1. The third kappa shape index (κ3) is 5.58. The quantitative estimate of drug-likeness (QED) is 0.598. The lowest BCUT2D eigenvalue weighted by atomic mass is 9.78. The van der Waals surface area contributed by atoms with Gasteiger partial charge in [-0.1, -0.05) is 26.3 Å². The van der Waals surface area contributed by atoms with Gasteiger partial charge < -0.3 is 4.74 Å². The number of sulfonamides is 1. The minimum Gasteiger partial charge on any atom is -0.493 e. The molecule has 1 fully saturated rings. The average Bonchev–Trinajstić information content (AvgIpc) is 2.56. The van der Waals surface area contributed by atoms with E-state index in [9.17, 15) is 13.2 Å². The van der Waals surface area contributed by atoms with Crippen LogP contribution in [0.25, 0.3) is 0 Å². The summed E-state index contributed by atoms with van der Waals surface area (Å²) in [5.74, 6) is 0.557. The summed E-state index contributed by atoms with van der Waals surface area (Å²) in [6, 6.07) is 5.21. The highest BCUT2D eigenvalue weighted by atomic mass is 32.2. The molecule has 1 aliphatic carbocycles. The largest absolute Gasteiger partial charge is 0.493 e. The van der Waals surface area contributed by atoms with Crippen LogP contribution in [-0.4, -0.2) is 27.2 Å². The zero-order chi connectivity index (χ0) is 20.1. The van der Waals surface area contributed by atoms with E-state index in [4.69, 9.17) is 4.74 Å². The molecule has 1 aliphatic rings. The predicted octanol–water partition coefficient (Wildman–Crippen LogP) is 4.40. The third-order valence-electron chi connectivity index (χ3n) is 5.71. The summed E-state index contributed by atoms with van der Waals surface area (Å²) in [5.41, 5.74) is 1.41. The Morgan fingerprint density at radius 3 is 2.48 bits per heavy atom. The van der Waals surface area contributed by atoms with Crippen molar-refractivity contribution in [1.29, 1.82) is 0 Å². The van der Waals surface area contributed by atoms with E-state index in [1.54, 1.807) is 18.2 Å². The number of carbonyl (C=O) groups is 1. The van der Waals surface area contributed by atoms with Gasteiger partial charge >= 0.3 is 0 Å². The predicted molar refractivity (Wildman–Crippen MR) is 109 cm³/mol. The molecular weight excluding hydrogens is 362 g/mol. The van der Waals surface area contributed by atoms with Crippen molar-refractivity contribution in [2.75, 3.05) is 12.9 Å². The normalized spacial score (nSPS) is 15.1. The minimum absolute atomic E-state index is 0.0605. The Kier molecular flexibility index (Phi) is 7.09. The second-order valence-electron chi connectivity index (χ2n) is 7.57.